The first-order valence-corrected chi connectivity index (χ1v) is 8.90. The van der Waals surface area contributed by atoms with Crippen LogP contribution in [0, 0.1) is 0 Å². The number of alkyl halides is 2. The maximum absolute atomic E-state index is 12.4. The summed E-state index contributed by atoms with van der Waals surface area (Å²) in [6.07, 6.45) is -1.81. The molecule has 0 saturated carbocycles. The van der Waals surface area contributed by atoms with Crippen LogP contribution in [0.4, 0.5) is 8.78 Å². The number of nitrogens with one attached hydrogen (secondary N) is 2. The number of carbonyl (C=O) groups is 3. The van der Waals surface area contributed by atoms with E-state index in [-0.39, 0.29) is 6.42 Å². The number of carboxylic acids is 1. The average Bonchev–Trinajstić information content (AvgIpc) is 2.57. The first-order valence-electron chi connectivity index (χ1n) is 7.51. The molecule has 1 aromatic carbocycles. The number of thioether (sulfide) groups is 1. The van der Waals surface area contributed by atoms with E-state index in [1.54, 1.807) is 30.3 Å². The lowest BCUT2D eigenvalue weighted by Gasteiger charge is -2.21. The molecule has 0 bridgehead atoms. The van der Waals surface area contributed by atoms with E-state index in [2.05, 4.69) is 10.6 Å². The molecule has 138 valence electrons. The number of hydrogen-bond acceptors (Lipinski definition) is 4. The molecule has 0 heterocycles. The lowest BCUT2D eigenvalue weighted by Crippen LogP contribution is -2.52. The van der Waals surface area contributed by atoms with Crippen molar-refractivity contribution in [2.75, 3.05) is 12.0 Å². The summed E-state index contributed by atoms with van der Waals surface area (Å²) in [5, 5.41) is 13.5. The molecule has 0 spiro atoms. The molecule has 1 aromatic rings. The molecule has 0 aliphatic carbocycles. The van der Waals surface area contributed by atoms with Gasteiger partial charge in [-0.3, -0.25) is 9.59 Å². The zero-order chi connectivity index (χ0) is 18.8. The normalized spacial score (nSPS) is 13.1. The summed E-state index contributed by atoms with van der Waals surface area (Å²) < 4.78 is 24.9. The van der Waals surface area contributed by atoms with Crippen molar-refractivity contribution < 1.29 is 28.3 Å². The Hall–Kier alpha value is -2.16. The van der Waals surface area contributed by atoms with E-state index in [4.69, 9.17) is 5.11 Å². The fraction of sp³-hybridized carbons (Fsp3) is 0.438. The summed E-state index contributed by atoms with van der Waals surface area (Å²) in [5.41, 5.74) is 0.340. The topological polar surface area (TPSA) is 95.5 Å². The third kappa shape index (κ3) is 7.51. The van der Waals surface area contributed by atoms with Gasteiger partial charge >= 0.3 is 5.97 Å². The van der Waals surface area contributed by atoms with E-state index in [9.17, 15) is 23.2 Å². The molecule has 0 aliphatic heterocycles. The molecule has 1 rings (SSSR count). The molecule has 25 heavy (non-hydrogen) atoms. The van der Waals surface area contributed by atoms with Crippen molar-refractivity contribution in [1.29, 1.82) is 0 Å². The smallest absolute Gasteiger partial charge is 0.326 e. The van der Waals surface area contributed by atoms with Gasteiger partial charge < -0.3 is 15.7 Å². The van der Waals surface area contributed by atoms with E-state index < -0.39 is 42.7 Å². The zero-order valence-electron chi connectivity index (χ0n) is 13.6. The lowest BCUT2D eigenvalue weighted by molar-refractivity contribution is -0.143. The Balaban J connectivity index is 2.80. The highest BCUT2D eigenvalue weighted by Crippen LogP contribution is 2.08. The molecule has 3 N–H and O–H groups in total. The third-order valence-electron chi connectivity index (χ3n) is 3.30. The maximum Gasteiger partial charge on any atom is 0.326 e. The number of amides is 2. The van der Waals surface area contributed by atoms with E-state index in [0.717, 1.165) is 0 Å². The number of halogens is 2. The molecule has 9 heteroatoms. The molecule has 0 aromatic heterocycles. The second-order valence-corrected chi connectivity index (χ2v) is 6.19. The van der Waals surface area contributed by atoms with E-state index in [0.29, 0.717) is 11.3 Å². The van der Waals surface area contributed by atoms with Gasteiger partial charge in [-0.2, -0.15) is 11.8 Å². The molecular weight excluding hydrogens is 354 g/mol. The third-order valence-corrected chi connectivity index (χ3v) is 3.94. The largest absolute Gasteiger partial charge is 0.480 e. The van der Waals surface area contributed by atoms with Crippen LogP contribution in [0.5, 0.6) is 0 Å². The van der Waals surface area contributed by atoms with Gasteiger partial charge in [0.15, 0.2) is 0 Å². The first kappa shape index (κ1) is 20.9. The van der Waals surface area contributed by atoms with Crippen LogP contribution < -0.4 is 10.6 Å². The number of benzene rings is 1. The minimum Gasteiger partial charge on any atom is -0.480 e. The standard InChI is InChI=1S/C16H20F2N2O4S/c1-25-8-7-11(19-14(21)10-5-3-2-4-6-10)15(22)20-12(16(23)24)9-13(17)18/h2-6,11-13H,7-9H2,1H3,(H,19,21)(H,20,22)(H,23,24). The van der Waals surface area contributed by atoms with Crippen molar-refractivity contribution in [1.82, 2.24) is 10.6 Å². The van der Waals surface area contributed by atoms with Crippen LogP contribution in [0.2, 0.25) is 0 Å². The van der Waals surface area contributed by atoms with Crippen LogP contribution in [0.3, 0.4) is 0 Å². The maximum atomic E-state index is 12.4. The van der Waals surface area contributed by atoms with Gasteiger partial charge in [0, 0.05) is 12.0 Å². The van der Waals surface area contributed by atoms with Crippen LogP contribution in [0.25, 0.3) is 0 Å². The van der Waals surface area contributed by atoms with Crippen LogP contribution in [-0.4, -0.2) is 53.4 Å². The van der Waals surface area contributed by atoms with E-state index in [1.807, 2.05) is 6.26 Å². The highest BCUT2D eigenvalue weighted by atomic mass is 32.2. The molecular formula is C16H20F2N2O4S. The Morgan fingerprint density at radius 1 is 1.12 bits per heavy atom. The first-order chi connectivity index (χ1) is 11.8. The Morgan fingerprint density at radius 2 is 1.76 bits per heavy atom. The highest BCUT2D eigenvalue weighted by Gasteiger charge is 2.28. The van der Waals surface area contributed by atoms with Crippen molar-refractivity contribution in [2.45, 2.75) is 31.4 Å². The fourth-order valence-corrected chi connectivity index (χ4v) is 2.48. The van der Waals surface area contributed by atoms with Crippen LogP contribution in [-0.2, 0) is 9.59 Å². The van der Waals surface area contributed by atoms with Gasteiger partial charge in [-0.05, 0) is 30.6 Å². The predicted molar refractivity (Wildman–Crippen MR) is 90.9 cm³/mol. The van der Waals surface area contributed by atoms with E-state index in [1.165, 1.54) is 11.8 Å². The Bertz CT molecular complexity index is 587. The van der Waals surface area contributed by atoms with Gasteiger partial charge in [-0.25, -0.2) is 13.6 Å². The van der Waals surface area contributed by atoms with Crippen molar-refractivity contribution in [3.05, 3.63) is 35.9 Å². The second kappa shape index (κ2) is 10.7. The Labute approximate surface area is 148 Å². The highest BCUT2D eigenvalue weighted by molar-refractivity contribution is 7.98. The second-order valence-electron chi connectivity index (χ2n) is 5.20. The molecule has 0 fully saturated rings. The van der Waals surface area contributed by atoms with Gasteiger partial charge in [-0.1, -0.05) is 18.2 Å². The van der Waals surface area contributed by atoms with Crippen LogP contribution in [0.1, 0.15) is 23.2 Å². The van der Waals surface area contributed by atoms with Crippen molar-refractivity contribution in [3.63, 3.8) is 0 Å². The Morgan fingerprint density at radius 3 is 2.28 bits per heavy atom. The summed E-state index contributed by atoms with van der Waals surface area (Å²) in [4.78, 5) is 35.5. The van der Waals surface area contributed by atoms with Crippen LogP contribution in [0.15, 0.2) is 30.3 Å². The SMILES string of the molecule is CSCCC(NC(=O)c1ccccc1)C(=O)NC(CC(F)F)C(=O)O. The molecule has 6 nitrogen and oxygen atoms in total. The molecule has 0 saturated heterocycles. The number of hydrogen-bond donors (Lipinski definition) is 3. The van der Waals surface area contributed by atoms with Gasteiger partial charge in [0.1, 0.15) is 12.1 Å². The fourth-order valence-electron chi connectivity index (χ4n) is 2.01. The molecule has 0 aliphatic rings. The van der Waals surface area contributed by atoms with Crippen molar-refractivity contribution in [2.24, 2.45) is 0 Å². The van der Waals surface area contributed by atoms with Crippen molar-refractivity contribution in [3.8, 4) is 0 Å². The minimum absolute atomic E-state index is 0.243. The average molecular weight is 374 g/mol. The number of aliphatic carboxylic acids is 1. The minimum atomic E-state index is -2.87. The van der Waals surface area contributed by atoms with Gasteiger partial charge in [0.25, 0.3) is 5.91 Å². The van der Waals surface area contributed by atoms with E-state index >= 15 is 0 Å². The summed E-state index contributed by atoms with van der Waals surface area (Å²) in [7, 11) is 0. The lowest BCUT2D eigenvalue weighted by atomic mass is 10.1. The van der Waals surface area contributed by atoms with Crippen LogP contribution >= 0.6 is 11.8 Å². The molecule has 2 amide bonds. The zero-order valence-corrected chi connectivity index (χ0v) is 14.4. The quantitative estimate of drug-likeness (QED) is 0.580. The summed E-state index contributed by atoms with van der Waals surface area (Å²) in [6.45, 7) is 0. The van der Waals surface area contributed by atoms with Gasteiger partial charge in [0.05, 0.1) is 0 Å². The summed E-state index contributed by atoms with van der Waals surface area (Å²) in [6, 6.07) is 5.46. The summed E-state index contributed by atoms with van der Waals surface area (Å²) >= 11 is 1.44. The monoisotopic (exact) mass is 374 g/mol. The number of carboxylic acid groups (broad SMARTS) is 1. The molecule has 2 atom stereocenters. The molecule has 0 radical (unpaired) electrons. The Kier molecular flexibility index (Phi) is 8.90. The molecule has 2 unspecified atom stereocenters. The van der Waals surface area contributed by atoms with Gasteiger partial charge in [-0.15, -0.1) is 0 Å². The predicted octanol–water partition coefficient (Wildman–Crippen LogP) is 1.76. The van der Waals surface area contributed by atoms with Crippen molar-refractivity contribution >= 4 is 29.5 Å². The number of rotatable bonds is 10. The summed E-state index contributed by atoms with van der Waals surface area (Å²) in [5.74, 6) is -2.32. The number of carbonyl (C=O) groups excluding carboxylic acids is 2. The van der Waals surface area contributed by atoms with Gasteiger partial charge in [0.2, 0.25) is 12.3 Å².